The molecule has 0 aliphatic heterocycles. The summed E-state index contributed by atoms with van der Waals surface area (Å²) < 4.78 is 5.04. The van der Waals surface area contributed by atoms with E-state index in [1.807, 2.05) is 0 Å². The molecule has 6 nitrogen and oxygen atoms in total. The van der Waals surface area contributed by atoms with Crippen LogP contribution >= 0.6 is 0 Å². The number of carbonyl (C=O) groups is 1. The summed E-state index contributed by atoms with van der Waals surface area (Å²) in [5.74, 6) is 1.89. The normalized spacial score (nSPS) is 15.5. The fourth-order valence-corrected chi connectivity index (χ4v) is 3.14. The van der Waals surface area contributed by atoms with Gasteiger partial charge in [0.05, 0.1) is 6.26 Å². The number of furan rings is 1. The van der Waals surface area contributed by atoms with Crippen LogP contribution in [-0.4, -0.2) is 38.5 Å². The van der Waals surface area contributed by atoms with E-state index in [1.165, 1.54) is 51.2 Å². The van der Waals surface area contributed by atoms with Gasteiger partial charge in [0.1, 0.15) is 0 Å². The fraction of sp³-hybridized carbons (Fsp3) is 0.667. The minimum Gasteiger partial charge on any atom is -0.459 e. The molecule has 0 atom stereocenters. The van der Waals surface area contributed by atoms with Crippen LogP contribution in [0.1, 0.15) is 55.5 Å². The summed E-state index contributed by atoms with van der Waals surface area (Å²) in [7, 11) is 1.76. The molecule has 24 heavy (non-hydrogen) atoms. The van der Waals surface area contributed by atoms with Gasteiger partial charge in [0.25, 0.3) is 5.91 Å². The van der Waals surface area contributed by atoms with Gasteiger partial charge in [0.2, 0.25) is 0 Å². The number of hydrogen-bond donors (Lipinski definition) is 3. The standard InChI is InChI=1S/C18H30N4O2/c1-19-18(21-11-5-4-9-15-7-2-3-8-15)22-13-12-20-17(23)16-10-6-14-24-16/h6,10,14-15H,2-5,7-9,11-13H2,1H3,(H,20,23)(H2,19,21,22). The molecule has 0 spiro atoms. The molecule has 1 aliphatic rings. The highest BCUT2D eigenvalue weighted by molar-refractivity contribution is 5.91. The van der Waals surface area contributed by atoms with E-state index in [-0.39, 0.29) is 5.91 Å². The quantitative estimate of drug-likeness (QED) is 0.368. The highest BCUT2D eigenvalue weighted by Gasteiger charge is 2.13. The Morgan fingerprint density at radius 3 is 2.62 bits per heavy atom. The molecule has 1 amide bonds. The van der Waals surface area contributed by atoms with Gasteiger partial charge >= 0.3 is 0 Å². The van der Waals surface area contributed by atoms with Crippen molar-refractivity contribution in [3.05, 3.63) is 24.2 Å². The molecule has 0 saturated heterocycles. The van der Waals surface area contributed by atoms with Crippen LogP contribution in [0.3, 0.4) is 0 Å². The van der Waals surface area contributed by atoms with E-state index in [9.17, 15) is 4.79 Å². The Balaban J connectivity index is 1.48. The van der Waals surface area contributed by atoms with Gasteiger partial charge in [-0.15, -0.1) is 0 Å². The van der Waals surface area contributed by atoms with Crippen LogP contribution in [0.4, 0.5) is 0 Å². The fourth-order valence-electron chi connectivity index (χ4n) is 3.14. The van der Waals surface area contributed by atoms with Crippen molar-refractivity contribution in [3.8, 4) is 0 Å². The van der Waals surface area contributed by atoms with Crippen LogP contribution < -0.4 is 16.0 Å². The van der Waals surface area contributed by atoms with Gasteiger partial charge in [0, 0.05) is 26.7 Å². The number of unbranched alkanes of at least 4 members (excludes halogenated alkanes) is 1. The number of guanidine groups is 1. The van der Waals surface area contributed by atoms with E-state index in [0.717, 1.165) is 18.4 Å². The lowest BCUT2D eigenvalue weighted by Gasteiger charge is -2.13. The second kappa shape index (κ2) is 10.7. The van der Waals surface area contributed by atoms with Gasteiger partial charge in [-0.05, 0) is 24.5 Å². The number of carbonyl (C=O) groups excluding carboxylic acids is 1. The summed E-state index contributed by atoms with van der Waals surface area (Å²) in [6.45, 7) is 2.07. The molecule has 0 aromatic carbocycles. The molecule has 1 aromatic heterocycles. The zero-order chi connectivity index (χ0) is 17.0. The van der Waals surface area contributed by atoms with Crippen molar-refractivity contribution < 1.29 is 9.21 Å². The Morgan fingerprint density at radius 1 is 1.17 bits per heavy atom. The minimum atomic E-state index is -0.198. The predicted octanol–water partition coefficient (Wildman–Crippen LogP) is 2.53. The summed E-state index contributed by atoms with van der Waals surface area (Å²) in [5, 5.41) is 9.31. The van der Waals surface area contributed by atoms with Crippen LogP contribution in [0.25, 0.3) is 0 Å². The molecule has 1 aromatic rings. The van der Waals surface area contributed by atoms with Gasteiger partial charge in [-0.1, -0.05) is 38.5 Å². The molecule has 0 bridgehead atoms. The first-order valence-corrected chi connectivity index (χ1v) is 9.06. The maximum atomic E-state index is 11.7. The minimum absolute atomic E-state index is 0.198. The van der Waals surface area contributed by atoms with E-state index >= 15 is 0 Å². The Morgan fingerprint density at radius 2 is 1.92 bits per heavy atom. The molecule has 134 valence electrons. The third-order valence-electron chi connectivity index (χ3n) is 4.48. The second-order valence-corrected chi connectivity index (χ2v) is 6.31. The van der Waals surface area contributed by atoms with E-state index in [2.05, 4.69) is 20.9 Å². The molecular formula is C18H30N4O2. The van der Waals surface area contributed by atoms with Gasteiger partial charge in [-0.3, -0.25) is 9.79 Å². The molecule has 1 fully saturated rings. The molecule has 0 unspecified atom stereocenters. The Labute approximate surface area is 144 Å². The van der Waals surface area contributed by atoms with Crippen LogP contribution in [0.15, 0.2) is 27.8 Å². The van der Waals surface area contributed by atoms with Crippen LogP contribution in [0.2, 0.25) is 0 Å². The van der Waals surface area contributed by atoms with Gasteiger partial charge in [0.15, 0.2) is 11.7 Å². The maximum Gasteiger partial charge on any atom is 0.287 e. The van der Waals surface area contributed by atoms with Crippen LogP contribution in [-0.2, 0) is 0 Å². The first kappa shape index (κ1) is 18.4. The Bertz CT molecular complexity index is 493. The van der Waals surface area contributed by atoms with E-state index in [1.54, 1.807) is 19.2 Å². The number of hydrogen-bond acceptors (Lipinski definition) is 3. The van der Waals surface area contributed by atoms with Crippen molar-refractivity contribution in [2.24, 2.45) is 10.9 Å². The molecule has 2 rings (SSSR count). The SMILES string of the molecule is CN=C(NCCCCC1CCCC1)NCCNC(=O)c1ccco1. The van der Waals surface area contributed by atoms with Gasteiger partial charge in [-0.25, -0.2) is 0 Å². The molecule has 3 N–H and O–H groups in total. The number of aliphatic imine (C=N–C) groups is 1. The topological polar surface area (TPSA) is 78.7 Å². The first-order valence-electron chi connectivity index (χ1n) is 9.06. The smallest absolute Gasteiger partial charge is 0.287 e. The maximum absolute atomic E-state index is 11.7. The summed E-state index contributed by atoms with van der Waals surface area (Å²) in [6.07, 6.45) is 11.0. The van der Waals surface area contributed by atoms with Crippen molar-refractivity contribution in [1.29, 1.82) is 0 Å². The van der Waals surface area contributed by atoms with E-state index in [0.29, 0.717) is 18.8 Å². The summed E-state index contributed by atoms with van der Waals surface area (Å²) >= 11 is 0. The van der Waals surface area contributed by atoms with E-state index in [4.69, 9.17) is 4.42 Å². The Kier molecular flexibility index (Phi) is 8.21. The largest absolute Gasteiger partial charge is 0.459 e. The Hall–Kier alpha value is -1.98. The van der Waals surface area contributed by atoms with Crippen molar-refractivity contribution >= 4 is 11.9 Å². The first-order chi connectivity index (χ1) is 11.8. The summed E-state index contributed by atoms with van der Waals surface area (Å²) in [4.78, 5) is 15.9. The zero-order valence-corrected chi connectivity index (χ0v) is 14.6. The number of nitrogens with one attached hydrogen (secondary N) is 3. The molecule has 0 radical (unpaired) electrons. The van der Waals surface area contributed by atoms with Crippen molar-refractivity contribution in [2.45, 2.75) is 44.9 Å². The lowest BCUT2D eigenvalue weighted by atomic mass is 10.0. The van der Waals surface area contributed by atoms with Gasteiger partial charge in [-0.2, -0.15) is 0 Å². The lowest BCUT2D eigenvalue weighted by molar-refractivity contribution is 0.0926. The van der Waals surface area contributed by atoms with Crippen molar-refractivity contribution in [2.75, 3.05) is 26.7 Å². The third-order valence-corrected chi connectivity index (χ3v) is 4.48. The number of nitrogens with zero attached hydrogens (tertiary/aromatic N) is 1. The van der Waals surface area contributed by atoms with Gasteiger partial charge < -0.3 is 20.4 Å². The molecule has 6 heteroatoms. The summed E-state index contributed by atoms with van der Waals surface area (Å²) in [6, 6.07) is 3.35. The monoisotopic (exact) mass is 334 g/mol. The average Bonchev–Trinajstić information content (AvgIpc) is 3.29. The van der Waals surface area contributed by atoms with Crippen molar-refractivity contribution in [3.63, 3.8) is 0 Å². The molecular weight excluding hydrogens is 304 g/mol. The summed E-state index contributed by atoms with van der Waals surface area (Å²) in [5.41, 5.74) is 0. The van der Waals surface area contributed by atoms with Crippen LogP contribution in [0.5, 0.6) is 0 Å². The predicted molar refractivity (Wildman–Crippen MR) is 96.2 cm³/mol. The highest BCUT2D eigenvalue weighted by atomic mass is 16.3. The molecule has 1 heterocycles. The second-order valence-electron chi connectivity index (χ2n) is 6.31. The zero-order valence-electron chi connectivity index (χ0n) is 14.6. The molecule has 1 aliphatic carbocycles. The third kappa shape index (κ3) is 6.64. The lowest BCUT2D eigenvalue weighted by Crippen LogP contribution is -2.41. The van der Waals surface area contributed by atoms with E-state index < -0.39 is 0 Å². The highest BCUT2D eigenvalue weighted by Crippen LogP contribution is 2.28. The van der Waals surface area contributed by atoms with Crippen LogP contribution in [0, 0.1) is 5.92 Å². The molecule has 1 saturated carbocycles. The average molecular weight is 334 g/mol. The number of rotatable bonds is 9. The number of amides is 1. The van der Waals surface area contributed by atoms with Crippen molar-refractivity contribution in [1.82, 2.24) is 16.0 Å².